The molecule has 0 bridgehead atoms. The molecule has 0 aliphatic rings. The number of nitrogens with one attached hydrogen (secondary N) is 1. The van der Waals surface area contributed by atoms with E-state index >= 15 is 0 Å². The molecule has 0 amide bonds. The number of hydrogen-bond donors (Lipinski definition) is 2. The van der Waals surface area contributed by atoms with E-state index in [0.717, 1.165) is 0 Å². The lowest BCUT2D eigenvalue weighted by molar-refractivity contribution is 0.628. The Bertz CT molecular complexity index is 512. The fourth-order valence-electron chi connectivity index (χ4n) is 1.23. The summed E-state index contributed by atoms with van der Waals surface area (Å²) in [6.45, 7) is 0. The molecule has 6 heteroatoms. The van der Waals surface area contributed by atoms with Crippen molar-refractivity contribution >= 4 is 33.3 Å². The molecule has 0 aliphatic heterocycles. The highest BCUT2D eigenvalue weighted by Gasteiger charge is 2.11. The second-order valence-electron chi connectivity index (χ2n) is 2.96. The maximum Gasteiger partial charge on any atom is 0.145 e. The van der Waals surface area contributed by atoms with Crippen molar-refractivity contribution in [1.29, 1.82) is 0 Å². The summed E-state index contributed by atoms with van der Waals surface area (Å²) in [6, 6.07) is 4.58. The average molecular weight is 291 g/mol. The zero-order valence-electron chi connectivity index (χ0n) is 7.39. The third kappa shape index (κ3) is 1.98. The molecule has 0 saturated carbocycles. The predicted molar refractivity (Wildman–Crippen MR) is 61.1 cm³/mol. The Kier molecular flexibility index (Phi) is 2.67. The van der Waals surface area contributed by atoms with Gasteiger partial charge in [-0.1, -0.05) is 27.5 Å². The molecule has 1 aromatic carbocycles. The van der Waals surface area contributed by atoms with E-state index in [1.807, 2.05) is 0 Å². The lowest BCUT2D eigenvalue weighted by Crippen LogP contribution is -1.85. The lowest BCUT2D eigenvalue weighted by Gasteiger charge is -2.03. The molecule has 3 N–H and O–H groups in total. The molecule has 3 nitrogen and oxygen atoms in total. The monoisotopic (exact) mass is 289 g/mol. The maximum atomic E-state index is 13.3. The van der Waals surface area contributed by atoms with Gasteiger partial charge in [-0.25, -0.2) is 4.39 Å². The Balaban J connectivity index is 2.62. The SMILES string of the molecule is Nc1cc(-c2cc(Br)cc(F)c2Cl)[nH]n1. The standard InChI is InChI=1S/C9H6BrClFN3/c10-4-1-5(9(11)6(12)2-4)7-3-8(13)15-14-7/h1-3H,(H3,13,14,15). The number of halogens is 3. The third-order valence-electron chi connectivity index (χ3n) is 1.88. The predicted octanol–water partition coefficient (Wildman–Crippen LogP) is 3.21. The van der Waals surface area contributed by atoms with E-state index in [2.05, 4.69) is 26.1 Å². The van der Waals surface area contributed by atoms with Crippen molar-refractivity contribution in [2.45, 2.75) is 0 Å². The summed E-state index contributed by atoms with van der Waals surface area (Å²) in [4.78, 5) is 0. The Morgan fingerprint density at radius 1 is 1.40 bits per heavy atom. The zero-order chi connectivity index (χ0) is 11.0. The smallest absolute Gasteiger partial charge is 0.145 e. The molecular formula is C9H6BrClFN3. The fraction of sp³-hybridized carbons (Fsp3) is 0. The van der Waals surface area contributed by atoms with Gasteiger partial charge in [0.1, 0.15) is 11.6 Å². The Labute approximate surface area is 98.6 Å². The van der Waals surface area contributed by atoms with Gasteiger partial charge in [0.05, 0.1) is 10.7 Å². The molecule has 2 rings (SSSR count). The number of aromatic amines is 1. The number of hydrogen-bond acceptors (Lipinski definition) is 2. The van der Waals surface area contributed by atoms with Crippen molar-refractivity contribution in [2.24, 2.45) is 0 Å². The number of aromatic nitrogens is 2. The molecule has 0 saturated heterocycles. The molecule has 0 spiro atoms. The van der Waals surface area contributed by atoms with Crippen LogP contribution in [-0.2, 0) is 0 Å². The summed E-state index contributed by atoms with van der Waals surface area (Å²) in [5.41, 5.74) is 6.55. The van der Waals surface area contributed by atoms with Crippen molar-refractivity contribution < 1.29 is 4.39 Å². The second-order valence-corrected chi connectivity index (χ2v) is 4.25. The van der Waals surface area contributed by atoms with Crippen LogP contribution in [0.5, 0.6) is 0 Å². The van der Waals surface area contributed by atoms with E-state index in [4.69, 9.17) is 17.3 Å². The molecule has 0 atom stereocenters. The molecule has 0 unspecified atom stereocenters. The first-order valence-electron chi connectivity index (χ1n) is 4.03. The minimum absolute atomic E-state index is 0.0434. The van der Waals surface area contributed by atoms with Crippen LogP contribution in [0.15, 0.2) is 22.7 Å². The lowest BCUT2D eigenvalue weighted by atomic mass is 10.1. The van der Waals surface area contributed by atoms with Gasteiger partial charge in [0, 0.05) is 16.1 Å². The van der Waals surface area contributed by atoms with Crippen LogP contribution in [-0.4, -0.2) is 10.2 Å². The number of H-pyrrole nitrogens is 1. The summed E-state index contributed by atoms with van der Waals surface area (Å²) in [7, 11) is 0. The van der Waals surface area contributed by atoms with Crippen LogP contribution in [0.25, 0.3) is 11.3 Å². The van der Waals surface area contributed by atoms with E-state index in [9.17, 15) is 4.39 Å². The Hall–Kier alpha value is -1.07. The number of benzene rings is 1. The van der Waals surface area contributed by atoms with Crippen molar-refractivity contribution in [2.75, 3.05) is 5.73 Å². The summed E-state index contributed by atoms with van der Waals surface area (Å²) in [5.74, 6) is -0.157. The van der Waals surface area contributed by atoms with Crippen LogP contribution in [0.3, 0.4) is 0 Å². The van der Waals surface area contributed by atoms with Gasteiger partial charge in [-0.3, -0.25) is 5.10 Å². The van der Waals surface area contributed by atoms with Crippen LogP contribution < -0.4 is 5.73 Å². The second kappa shape index (κ2) is 3.83. The van der Waals surface area contributed by atoms with Crippen molar-refractivity contribution in [3.05, 3.63) is 33.5 Å². The summed E-state index contributed by atoms with van der Waals surface area (Å²) >= 11 is 9.01. The molecular weight excluding hydrogens is 284 g/mol. The molecule has 0 fully saturated rings. The molecule has 1 aromatic heterocycles. The number of nitrogens with zero attached hydrogens (tertiary/aromatic N) is 1. The summed E-state index contributed by atoms with van der Waals surface area (Å²) in [6.07, 6.45) is 0. The Morgan fingerprint density at radius 3 is 2.73 bits per heavy atom. The normalized spacial score (nSPS) is 10.6. The Morgan fingerprint density at radius 2 is 2.13 bits per heavy atom. The van der Waals surface area contributed by atoms with Gasteiger partial charge in [-0.15, -0.1) is 0 Å². The first kappa shape index (κ1) is 10.4. The first-order chi connectivity index (χ1) is 7.08. The average Bonchev–Trinajstić information content (AvgIpc) is 2.58. The number of rotatable bonds is 1. The molecule has 2 aromatic rings. The quantitative estimate of drug-likeness (QED) is 0.792. The van der Waals surface area contributed by atoms with Crippen molar-refractivity contribution in [3.8, 4) is 11.3 Å². The highest BCUT2D eigenvalue weighted by molar-refractivity contribution is 9.10. The van der Waals surface area contributed by atoms with Gasteiger partial charge in [-0.05, 0) is 12.1 Å². The van der Waals surface area contributed by atoms with E-state index in [1.165, 1.54) is 6.07 Å². The van der Waals surface area contributed by atoms with E-state index < -0.39 is 5.82 Å². The molecule has 78 valence electrons. The first-order valence-corrected chi connectivity index (χ1v) is 5.21. The topological polar surface area (TPSA) is 54.7 Å². The van der Waals surface area contributed by atoms with Crippen LogP contribution in [0, 0.1) is 5.82 Å². The van der Waals surface area contributed by atoms with E-state index in [0.29, 0.717) is 21.5 Å². The summed E-state index contributed by atoms with van der Waals surface area (Å²) in [5, 5.41) is 6.46. The van der Waals surface area contributed by atoms with Gasteiger partial charge in [0.2, 0.25) is 0 Å². The number of nitrogen functional groups attached to an aromatic ring is 1. The van der Waals surface area contributed by atoms with Gasteiger partial charge in [0.25, 0.3) is 0 Å². The molecule has 0 radical (unpaired) electrons. The number of nitrogens with two attached hydrogens (primary N) is 1. The van der Waals surface area contributed by atoms with Crippen molar-refractivity contribution in [3.63, 3.8) is 0 Å². The van der Waals surface area contributed by atoms with E-state index in [-0.39, 0.29) is 5.02 Å². The van der Waals surface area contributed by atoms with Crippen LogP contribution >= 0.6 is 27.5 Å². The van der Waals surface area contributed by atoms with Crippen LogP contribution in [0.4, 0.5) is 10.2 Å². The van der Waals surface area contributed by atoms with Gasteiger partial charge < -0.3 is 5.73 Å². The van der Waals surface area contributed by atoms with Gasteiger partial charge in [-0.2, -0.15) is 5.10 Å². The molecule has 15 heavy (non-hydrogen) atoms. The molecule has 0 aliphatic carbocycles. The largest absolute Gasteiger partial charge is 0.382 e. The van der Waals surface area contributed by atoms with Crippen LogP contribution in [0.1, 0.15) is 0 Å². The van der Waals surface area contributed by atoms with Crippen molar-refractivity contribution in [1.82, 2.24) is 10.2 Å². The van der Waals surface area contributed by atoms with E-state index in [1.54, 1.807) is 12.1 Å². The minimum Gasteiger partial charge on any atom is -0.382 e. The fourth-order valence-corrected chi connectivity index (χ4v) is 1.87. The van der Waals surface area contributed by atoms with Crippen LogP contribution in [0.2, 0.25) is 5.02 Å². The maximum absolute atomic E-state index is 13.3. The molecule has 1 heterocycles. The third-order valence-corrected chi connectivity index (χ3v) is 2.72. The highest BCUT2D eigenvalue weighted by atomic mass is 79.9. The van der Waals surface area contributed by atoms with Gasteiger partial charge >= 0.3 is 0 Å². The summed E-state index contributed by atoms with van der Waals surface area (Å²) < 4.78 is 13.9. The highest BCUT2D eigenvalue weighted by Crippen LogP contribution is 2.32. The van der Waals surface area contributed by atoms with Gasteiger partial charge in [0.15, 0.2) is 0 Å². The zero-order valence-corrected chi connectivity index (χ0v) is 9.73. The minimum atomic E-state index is -0.491. The number of anilines is 1.